The highest BCUT2D eigenvalue weighted by Crippen LogP contribution is 2.29. The van der Waals surface area contributed by atoms with Crippen molar-refractivity contribution in [2.75, 3.05) is 19.6 Å². The number of piperazine rings is 1. The molecule has 0 aliphatic carbocycles. The summed E-state index contributed by atoms with van der Waals surface area (Å²) in [6, 6.07) is 9.45. The first-order chi connectivity index (χ1) is 21.1. The Hall–Kier alpha value is -4.32. The maximum absolute atomic E-state index is 13.9. The normalized spacial score (nSPS) is 19.1. The number of amides is 2. The van der Waals surface area contributed by atoms with Gasteiger partial charge in [-0.2, -0.15) is 9.52 Å². The molecule has 4 heterocycles. The van der Waals surface area contributed by atoms with Crippen LogP contribution < -0.4 is 16.4 Å². The fraction of sp³-hybridized carbons (Fsp3) is 0.370. The Morgan fingerprint density at radius 1 is 1.18 bits per heavy atom. The smallest absolute Gasteiger partial charge is 0.283 e. The standard InChI is InChI=1S/C27H31N11O4S2/c1-15-8-21-22(12-30-15)43-26(32-21)27(40)38-7-6-37(14-19(38)11-24(39)31-13-23-33-35-36-34-23)44(41,42)20-5-4-16-2-3-17(25(28)29)9-18(16)10-20/h2-5,9-10,15,19,30H,6-8,11-14H2,1H3,(H3,28,29)(H,31,39)(H,33,34,35,36). The predicted molar refractivity (Wildman–Crippen MR) is 161 cm³/mol. The summed E-state index contributed by atoms with van der Waals surface area (Å²) in [6.07, 6.45) is 0.575. The van der Waals surface area contributed by atoms with Crippen molar-refractivity contribution in [2.45, 2.75) is 49.8 Å². The van der Waals surface area contributed by atoms with Crippen LogP contribution in [0.2, 0.25) is 0 Å². The highest BCUT2D eigenvalue weighted by molar-refractivity contribution is 7.89. The van der Waals surface area contributed by atoms with Crippen LogP contribution in [0.1, 0.15) is 45.1 Å². The molecule has 17 heteroatoms. The average Bonchev–Trinajstić information content (AvgIpc) is 3.69. The lowest BCUT2D eigenvalue weighted by Gasteiger charge is -2.40. The molecule has 1 saturated heterocycles. The van der Waals surface area contributed by atoms with Gasteiger partial charge in [0.15, 0.2) is 10.8 Å². The van der Waals surface area contributed by atoms with E-state index in [1.165, 1.54) is 21.7 Å². The number of aromatic amines is 1. The number of nitrogens with one attached hydrogen (secondary N) is 4. The zero-order valence-corrected chi connectivity index (χ0v) is 25.4. The fourth-order valence-corrected chi connectivity index (χ4v) is 7.94. The van der Waals surface area contributed by atoms with Gasteiger partial charge in [0, 0.05) is 55.5 Å². The van der Waals surface area contributed by atoms with Crippen LogP contribution >= 0.6 is 11.3 Å². The third kappa shape index (κ3) is 6.03. The van der Waals surface area contributed by atoms with E-state index in [1.54, 1.807) is 35.2 Å². The second-order valence-electron chi connectivity index (χ2n) is 10.8. The van der Waals surface area contributed by atoms with Crippen LogP contribution in [0, 0.1) is 5.41 Å². The van der Waals surface area contributed by atoms with Crippen molar-refractivity contribution in [3.63, 3.8) is 0 Å². The van der Waals surface area contributed by atoms with Crippen molar-refractivity contribution >= 4 is 49.8 Å². The molecule has 15 nitrogen and oxygen atoms in total. The van der Waals surface area contributed by atoms with E-state index in [2.05, 4.69) is 43.2 Å². The highest BCUT2D eigenvalue weighted by Gasteiger charge is 2.39. The maximum atomic E-state index is 13.9. The number of nitrogen functional groups attached to an aromatic ring is 1. The van der Waals surface area contributed by atoms with E-state index in [1.807, 2.05) is 0 Å². The first-order valence-electron chi connectivity index (χ1n) is 14.0. The third-order valence-electron chi connectivity index (χ3n) is 7.79. The summed E-state index contributed by atoms with van der Waals surface area (Å²) < 4.78 is 29.1. The Kier molecular flexibility index (Phi) is 8.10. The zero-order valence-electron chi connectivity index (χ0n) is 23.8. The summed E-state index contributed by atoms with van der Waals surface area (Å²) in [7, 11) is -4.00. The molecule has 0 bridgehead atoms. The number of nitrogens with zero attached hydrogens (tertiary/aromatic N) is 6. The van der Waals surface area contributed by atoms with Crippen molar-refractivity contribution in [1.82, 2.24) is 45.4 Å². The van der Waals surface area contributed by atoms with Crippen LogP contribution in [-0.4, -0.2) is 92.6 Å². The molecule has 44 heavy (non-hydrogen) atoms. The Bertz CT molecular complexity index is 1840. The maximum Gasteiger partial charge on any atom is 0.283 e. The molecule has 2 aliphatic heterocycles. The van der Waals surface area contributed by atoms with Gasteiger partial charge in [-0.15, -0.1) is 21.5 Å². The van der Waals surface area contributed by atoms with Gasteiger partial charge < -0.3 is 21.3 Å². The number of H-pyrrole nitrogens is 1. The number of hydrogen-bond acceptors (Lipinski definition) is 11. The molecular weight excluding hydrogens is 607 g/mol. The van der Waals surface area contributed by atoms with E-state index in [0.29, 0.717) is 34.7 Å². The number of aromatic nitrogens is 5. The van der Waals surface area contributed by atoms with E-state index in [0.717, 1.165) is 16.0 Å². The minimum Gasteiger partial charge on any atom is -0.384 e. The molecule has 6 rings (SSSR count). The van der Waals surface area contributed by atoms with Gasteiger partial charge in [-0.3, -0.25) is 15.0 Å². The lowest BCUT2D eigenvalue weighted by atomic mass is 10.1. The van der Waals surface area contributed by atoms with Gasteiger partial charge in [-0.25, -0.2) is 13.4 Å². The molecule has 230 valence electrons. The van der Waals surface area contributed by atoms with Crippen LogP contribution in [-0.2, 0) is 34.3 Å². The quantitative estimate of drug-likeness (QED) is 0.132. The molecule has 2 unspecified atom stereocenters. The molecule has 2 aliphatic rings. The summed E-state index contributed by atoms with van der Waals surface area (Å²) in [5, 5.41) is 29.0. The number of sulfonamides is 1. The van der Waals surface area contributed by atoms with Crippen molar-refractivity contribution in [3.8, 4) is 0 Å². The van der Waals surface area contributed by atoms with Crippen LogP contribution in [0.3, 0.4) is 0 Å². The molecule has 0 spiro atoms. The molecule has 6 N–H and O–H groups in total. The molecule has 2 aromatic carbocycles. The summed E-state index contributed by atoms with van der Waals surface area (Å²) >= 11 is 1.33. The van der Waals surface area contributed by atoms with Crippen LogP contribution in [0.5, 0.6) is 0 Å². The Labute approximate surface area is 256 Å². The van der Waals surface area contributed by atoms with E-state index in [-0.39, 0.29) is 55.3 Å². The molecule has 0 radical (unpaired) electrons. The second kappa shape index (κ2) is 12.0. The van der Waals surface area contributed by atoms with Crippen molar-refractivity contribution in [1.29, 1.82) is 5.41 Å². The zero-order chi connectivity index (χ0) is 31.0. The van der Waals surface area contributed by atoms with E-state index < -0.39 is 22.0 Å². The topological polar surface area (TPSA) is 216 Å². The Balaban J connectivity index is 1.25. The average molecular weight is 638 g/mol. The second-order valence-corrected chi connectivity index (χ2v) is 13.9. The van der Waals surface area contributed by atoms with Gasteiger partial charge in [-0.05, 0) is 35.9 Å². The first-order valence-corrected chi connectivity index (χ1v) is 16.2. The van der Waals surface area contributed by atoms with Gasteiger partial charge in [0.2, 0.25) is 15.9 Å². The lowest BCUT2D eigenvalue weighted by molar-refractivity contribution is -0.122. The van der Waals surface area contributed by atoms with Crippen molar-refractivity contribution in [3.05, 3.63) is 63.4 Å². The van der Waals surface area contributed by atoms with E-state index >= 15 is 0 Å². The lowest BCUT2D eigenvalue weighted by Crippen LogP contribution is -2.57. The van der Waals surface area contributed by atoms with Crippen LogP contribution in [0.25, 0.3) is 10.8 Å². The molecule has 1 fully saturated rings. The number of tetrazole rings is 1. The van der Waals surface area contributed by atoms with Gasteiger partial charge in [-0.1, -0.05) is 23.4 Å². The number of rotatable bonds is 8. The summed E-state index contributed by atoms with van der Waals surface area (Å²) in [5.74, 6) is -0.545. The molecule has 0 saturated carbocycles. The minimum atomic E-state index is -4.00. The van der Waals surface area contributed by atoms with Crippen LogP contribution in [0.15, 0.2) is 41.3 Å². The predicted octanol–water partition coefficient (Wildman–Crippen LogP) is 0.349. The highest BCUT2D eigenvalue weighted by atomic mass is 32.2. The molecule has 4 aromatic rings. The fourth-order valence-electron chi connectivity index (χ4n) is 5.43. The van der Waals surface area contributed by atoms with Gasteiger partial charge >= 0.3 is 0 Å². The summed E-state index contributed by atoms with van der Waals surface area (Å²) in [5.41, 5.74) is 7.02. The van der Waals surface area contributed by atoms with Gasteiger partial charge in [0.25, 0.3) is 5.91 Å². The van der Waals surface area contributed by atoms with Gasteiger partial charge in [0.1, 0.15) is 5.84 Å². The molecule has 2 amide bonds. The SMILES string of the molecule is CC1Cc2nc(C(=O)N3CCN(S(=O)(=O)c4ccc5ccc(C(=N)N)cc5c4)CC3CC(=O)NCc3nn[nH]n3)sc2CN1. The van der Waals surface area contributed by atoms with Crippen molar-refractivity contribution < 1.29 is 18.0 Å². The molecule has 2 atom stereocenters. The third-order valence-corrected chi connectivity index (χ3v) is 10.7. The van der Waals surface area contributed by atoms with Gasteiger partial charge in [0.05, 0.1) is 23.2 Å². The first kappa shape index (κ1) is 29.7. The minimum absolute atomic E-state index is 0.0295. The number of carbonyl (C=O) groups excluding carboxylic acids is 2. The summed E-state index contributed by atoms with van der Waals surface area (Å²) in [4.78, 5) is 34.1. The molecular formula is C27H31N11O4S2. The van der Waals surface area contributed by atoms with Crippen LogP contribution in [0.4, 0.5) is 0 Å². The summed E-state index contributed by atoms with van der Waals surface area (Å²) in [6.45, 7) is 2.77. The Morgan fingerprint density at radius 3 is 2.77 bits per heavy atom. The van der Waals surface area contributed by atoms with E-state index in [9.17, 15) is 18.0 Å². The van der Waals surface area contributed by atoms with E-state index in [4.69, 9.17) is 11.1 Å². The number of hydrogen-bond donors (Lipinski definition) is 5. The number of fused-ring (bicyclic) bond motifs is 2. The van der Waals surface area contributed by atoms with Crippen molar-refractivity contribution in [2.24, 2.45) is 5.73 Å². The molecule has 2 aromatic heterocycles. The Morgan fingerprint density at radius 2 is 2.00 bits per heavy atom. The number of amidine groups is 1. The number of nitrogens with two attached hydrogens (primary N) is 1. The number of benzene rings is 2. The number of thiazole rings is 1. The monoisotopic (exact) mass is 637 g/mol. The number of carbonyl (C=O) groups is 2. The largest absolute Gasteiger partial charge is 0.384 e.